The Hall–Kier alpha value is -2.74. The van der Waals surface area contributed by atoms with E-state index in [0.29, 0.717) is 11.4 Å². The number of H-pyrrole nitrogens is 1. The van der Waals surface area contributed by atoms with Crippen molar-refractivity contribution in [3.8, 4) is 11.3 Å². The van der Waals surface area contributed by atoms with E-state index >= 15 is 0 Å². The number of primary amides is 1. The fourth-order valence-corrected chi connectivity index (χ4v) is 2.93. The van der Waals surface area contributed by atoms with Crippen molar-refractivity contribution in [2.75, 3.05) is 19.6 Å². The third kappa shape index (κ3) is 4.42. The topological polar surface area (TPSA) is 104 Å². The molecule has 1 aromatic heterocycles. The molecular formula is C17H20FN5O2. The Balaban J connectivity index is 1.56. The number of benzene rings is 1. The van der Waals surface area contributed by atoms with E-state index in [-0.39, 0.29) is 30.2 Å². The molecule has 1 saturated heterocycles. The van der Waals surface area contributed by atoms with Crippen molar-refractivity contribution in [1.29, 1.82) is 0 Å². The summed E-state index contributed by atoms with van der Waals surface area (Å²) in [6.45, 7) is 1.69. The average Bonchev–Trinajstić information content (AvgIpc) is 3.07. The summed E-state index contributed by atoms with van der Waals surface area (Å²) in [6.07, 6.45) is 1.52. The van der Waals surface area contributed by atoms with Crippen molar-refractivity contribution in [3.05, 3.63) is 41.8 Å². The van der Waals surface area contributed by atoms with Gasteiger partial charge in [-0.25, -0.2) is 4.39 Å². The number of piperidine rings is 1. The number of aromatic nitrogens is 2. The maximum absolute atomic E-state index is 13.0. The molecule has 2 amide bonds. The molecule has 0 bridgehead atoms. The maximum Gasteiger partial charge on any atom is 0.269 e. The molecule has 0 saturated carbocycles. The Bertz CT molecular complexity index is 751. The fourth-order valence-electron chi connectivity index (χ4n) is 2.93. The first kappa shape index (κ1) is 17.1. The molecule has 2 aromatic rings. The van der Waals surface area contributed by atoms with Gasteiger partial charge >= 0.3 is 0 Å². The second kappa shape index (κ2) is 7.43. The number of likely N-dealkylation sites (tertiary alicyclic amines) is 1. The summed E-state index contributed by atoms with van der Waals surface area (Å²) >= 11 is 0. The molecular weight excluding hydrogens is 325 g/mol. The van der Waals surface area contributed by atoms with Crippen LogP contribution in [0.1, 0.15) is 23.3 Å². The first-order chi connectivity index (χ1) is 12.0. The van der Waals surface area contributed by atoms with Gasteiger partial charge in [-0.15, -0.1) is 0 Å². The van der Waals surface area contributed by atoms with Crippen LogP contribution in [0.3, 0.4) is 0 Å². The number of nitrogens with two attached hydrogens (primary N) is 1. The van der Waals surface area contributed by atoms with Gasteiger partial charge in [0.1, 0.15) is 11.5 Å². The first-order valence-electron chi connectivity index (χ1n) is 8.14. The zero-order valence-electron chi connectivity index (χ0n) is 13.7. The first-order valence-corrected chi connectivity index (χ1v) is 8.14. The van der Waals surface area contributed by atoms with Crippen LogP contribution >= 0.6 is 0 Å². The Morgan fingerprint density at radius 2 is 1.96 bits per heavy atom. The summed E-state index contributed by atoms with van der Waals surface area (Å²) in [5.41, 5.74) is 6.87. The number of hydrogen-bond donors (Lipinski definition) is 3. The van der Waals surface area contributed by atoms with Gasteiger partial charge in [-0.05, 0) is 43.2 Å². The highest BCUT2D eigenvalue weighted by Gasteiger charge is 2.22. The molecule has 1 aromatic carbocycles. The van der Waals surface area contributed by atoms with Crippen molar-refractivity contribution in [3.63, 3.8) is 0 Å². The van der Waals surface area contributed by atoms with Crippen LogP contribution in [0.25, 0.3) is 11.3 Å². The molecule has 132 valence electrons. The predicted molar refractivity (Wildman–Crippen MR) is 90.1 cm³/mol. The largest absolute Gasteiger partial charge is 0.369 e. The number of hydrogen-bond acceptors (Lipinski definition) is 4. The van der Waals surface area contributed by atoms with Gasteiger partial charge in [-0.2, -0.15) is 5.10 Å². The van der Waals surface area contributed by atoms with E-state index in [1.165, 1.54) is 12.1 Å². The van der Waals surface area contributed by atoms with Gasteiger partial charge in [0, 0.05) is 24.7 Å². The van der Waals surface area contributed by atoms with Crippen LogP contribution in [0.15, 0.2) is 30.3 Å². The Kier molecular flexibility index (Phi) is 5.08. The quantitative estimate of drug-likeness (QED) is 0.749. The molecule has 0 radical (unpaired) electrons. The Morgan fingerprint density at radius 3 is 2.60 bits per heavy atom. The smallest absolute Gasteiger partial charge is 0.269 e. The highest BCUT2D eigenvalue weighted by Crippen LogP contribution is 2.18. The number of carbonyl (C=O) groups is 2. The monoisotopic (exact) mass is 345 g/mol. The summed E-state index contributed by atoms with van der Waals surface area (Å²) in [4.78, 5) is 25.2. The molecule has 7 nitrogen and oxygen atoms in total. The number of aromatic amines is 1. The molecule has 0 spiro atoms. The minimum absolute atomic E-state index is 0.0502. The van der Waals surface area contributed by atoms with Crippen molar-refractivity contribution < 1.29 is 14.0 Å². The zero-order valence-corrected chi connectivity index (χ0v) is 13.7. The molecule has 4 N–H and O–H groups in total. The van der Waals surface area contributed by atoms with E-state index in [1.54, 1.807) is 18.2 Å². The summed E-state index contributed by atoms with van der Waals surface area (Å²) in [5.74, 6) is -0.887. The number of halogens is 1. The molecule has 1 aliphatic heterocycles. The van der Waals surface area contributed by atoms with Crippen molar-refractivity contribution in [2.24, 2.45) is 5.73 Å². The molecule has 1 aliphatic rings. The fraction of sp³-hybridized carbons (Fsp3) is 0.353. The van der Waals surface area contributed by atoms with E-state index in [1.807, 2.05) is 4.90 Å². The molecule has 0 unspecified atom stereocenters. The van der Waals surface area contributed by atoms with Crippen LogP contribution in [-0.4, -0.2) is 52.6 Å². The maximum atomic E-state index is 13.0. The minimum atomic E-state index is -0.340. The van der Waals surface area contributed by atoms with Crippen LogP contribution in [0, 0.1) is 5.82 Å². The number of rotatable bonds is 5. The summed E-state index contributed by atoms with van der Waals surface area (Å²) in [7, 11) is 0. The standard InChI is InChI=1S/C17H20FN5O2/c18-12-3-1-11(2-4-12)14-9-15(22-21-14)17(25)20-13-5-7-23(8-6-13)10-16(19)24/h1-4,9,13H,5-8,10H2,(H2,19,24)(H,20,25)(H,21,22). The predicted octanol–water partition coefficient (Wildman–Crippen LogP) is 0.895. The van der Waals surface area contributed by atoms with Crippen LogP contribution in [-0.2, 0) is 4.79 Å². The normalized spacial score (nSPS) is 15.9. The van der Waals surface area contributed by atoms with Gasteiger partial charge < -0.3 is 11.1 Å². The highest BCUT2D eigenvalue weighted by atomic mass is 19.1. The molecule has 0 aliphatic carbocycles. The highest BCUT2D eigenvalue weighted by molar-refractivity contribution is 5.93. The number of nitrogens with one attached hydrogen (secondary N) is 2. The third-order valence-corrected chi connectivity index (χ3v) is 4.26. The Labute approximate surface area is 144 Å². The SMILES string of the molecule is NC(=O)CN1CCC(NC(=O)c2cc(-c3ccc(F)cc3)n[nH]2)CC1. The summed E-state index contributed by atoms with van der Waals surface area (Å²) < 4.78 is 13.0. The van der Waals surface area contributed by atoms with Gasteiger partial charge in [0.05, 0.1) is 12.2 Å². The number of nitrogens with zero attached hydrogens (tertiary/aromatic N) is 2. The van der Waals surface area contributed by atoms with E-state index in [2.05, 4.69) is 15.5 Å². The molecule has 1 fully saturated rings. The lowest BCUT2D eigenvalue weighted by Gasteiger charge is -2.31. The minimum Gasteiger partial charge on any atom is -0.369 e. The number of amides is 2. The molecule has 25 heavy (non-hydrogen) atoms. The molecule has 3 rings (SSSR count). The molecule has 2 heterocycles. The zero-order chi connectivity index (χ0) is 17.8. The lowest BCUT2D eigenvalue weighted by atomic mass is 10.0. The average molecular weight is 345 g/mol. The molecule has 8 heteroatoms. The number of carbonyl (C=O) groups excluding carboxylic acids is 2. The van der Waals surface area contributed by atoms with E-state index < -0.39 is 0 Å². The van der Waals surface area contributed by atoms with Gasteiger partial charge in [-0.1, -0.05) is 0 Å². The van der Waals surface area contributed by atoms with Crippen molar-refractivity contribution in [2.45, 2.75) is 18.9 Å². The Morgan fingerprint density at radius 1 is 1.28 bits per heavy atom. The summed E-state index contributed by atoms with van der Waals surface area (Å²) in [6, 6.07) is 7.62. The van der Waals surface area contributed by atoms with E-state index in [4.69, 9.17) is 5.73 Å². The van der Waals surface area contributed by atoms with Gasteiger partial charge in [0.2, 0.25) is 5.91 Å². The van der Waals surface area contributed by atoms with Gasteiger partial charge in [0.15, 0.2) is 0 Å². The van der Waals surface area contributed by atoms with Crippen LogP contribution in [0.2, 0.25) is 0 Å². The van der Waals surface area contributed by atoms with Crippen LogP contribution in [0.5, 0.6) is 0 Å². The van der Waals surface area contributed by atoms with Crippen LogP contribution < -0.4 is 11.1 Å². The molecule has 0 atom stereocenters. The lowest BCUT2D eigenvalue weighted by Crippen LogP contribution is -2.46. The van der Waals surface area contributed by atoms with E-state index in [0.717, 1.165) is 31.5 Å². The summed E-state index contributed by atoms with van der Waals surface area (Å²) in [5, 5.41) is 9.79. The second-order valence-corrected chi connectivity index (χ2v) is 6.16. The van der Waals surface area contributed by atoms with Crippen LogP contribution in [0.4, 0.5) is 4.39 Å². The van der Waals surface area contributed by atoms with Crippen molar-refractivity contribution >= 4 is 11.8 Å². The lowest BCUT2D eigenvalue weighted by molar-refractivity contribution is -0.119. The van der Waals surface area contributed by atoms with Gasteiger partial charge in [0.25, 0.3) is 5.91 Å². The van der Waals surface area contributed by atoms with Gasteiger partial charge in [-0.3, -0.25) is 19.6 Å². The second-order valence-electron chi connectivity index (χ2n) is 6.16. The van der Waals surface area contributed by atoms with Crippen molar-refractivity contribution in [1.82, 2.24) is 20.4 Å². The third-order valence-electron chi connectivity index (χ3n) is 4.26. The van der Waals surface area contributed by atoms with E-state index in [9.17, 15) is 14.0 Å².